The first-order valence-electron chi connectivity index (χ1n) is 5.59. The molecule has 1 N–H and O–H groups in total. The first-order valence-corrected chi connectivity index (χ1v) is 5.59. The molecule has 0 fully saturated rings. The van der Waals surface area contributed by atoms with Gasteiger partial charge in [-0.1, -0.05) is 24.3 Å². The van der Waals surface area contributed by atoms with Gasteiger partial charge in [-0.2, -0.15) is 0 Å². The lowest BCUT2D eigenvalue weighted by molar-refractivity contribution is 0.0988. The molecule has 0 radical (unpaired) electrons. The summed E-state index contributed by atoms with van der Waals surface area (Å²) in [7, 11) is 0. The van der Waals surface area contributed by atoms with E-state index in [1.165, 1.54) is 5.56 Å². The molecule has 2 aromatic rings. The van der Waals surface area contributed by atoms with Crippen LogP contribution < -0.4 is 0 Å². The minimum Gasteiger partial charge on any atom is -0.386 e. The monoisotopic (exact) mass is 214 g/mol. The van der Waals surface area contributed by atoms with Gasteiger partial charge in [-0.3, -0.25) is 0 Å². The molecule has 0 bridgehead atoms. The van der Waals surface area contributed by atoms with Crippen molar-refractivity contribution in [3.05, 3.63) is 54.1 Å². The number of aryl methyl sites for hydroxylation is 1. The number of rotatable bonds is 1. The Bertz CT molecular complexity index is 478. The van der Waals surface area contributed by atoms with Crippen LogP contribution in [0.3, 0.4) is 0 Å². The average Bonchev–Trinajstić information content (AvgIpc) is 2.83. The van der Waals surface area contributed by atoms with Crippen LogP contribution in [0.25, 0.3) is 0 Å². The molecule has 1 heterocycles. The molecule has 1 aliphatic rings. The lowest BCUT2D eigenvalue weighted by Crippen LogP contribution is -2.23. The maximum absolute atomic E-state index is 10.3. The largest absolute Gasteiger partial charge is 0.386 e. The van der Waals surface area contributed by atoms with Crippen molar-refractivity contribution in [3.8, 4) is 0 Å². The summed E-state index contributed by atoms with van der Waals surface area (Å²) in [6, 6.07) is 8.25. The van der Waals surface area contributed by atoms with Crippen LogP contribution in [0, 0.1) is 0 Å². The number of hydrogen-bond acceptors (Lipinski definition) is 2. The topological polar surface area (TPSA) is 38.0 Å². The van der Waals surface area contributed by atoms with E-state index >= 15 is 0 Å². The van der Waals surface area contributed by atoms with Crippen molar-refractivity contribution < 1.29 is 5.11 Å². The van der Waals surface area contributed by atoms with Crippen molar-refractivity contribution in [2.24, 2.45) is 0 Å². The zero-order chi connectivity index (χ0) is 11.0. The van der Waals surface area contributed by atoms with E-state index < -0.39 is 6.10 Å². The van der Waals surface area contributed by atoms with Crippen LogP contribution >= 0.6 is 0 Å². The summed E-state index contributed by atoms with van der Waals surface area (Å²) in [5.74, 6) is 0. The fraction of sp³-hybridized carbons (Fsp3) is 0.308. The number of aromatic nitrogens is 2. The van der Waals surface area contributed by atoms with Gasteiger partial charge in [0.25, 0.3) is 0 Å². The number of hydrogen-bond donors (Lipinski definition) is 1. The molecular weight excluding hydrogens is 200 g/mol. The van der Waals surface area contributed by atoms with Crippen LogP contribution in [0.1, 0.15) is 29.7 Å². The Morgan fingerprint density at radius 3 is 3.00 bits per heavy atom. The van der Waals surface area contributed by atoms with Crippen molar-refractivity contribution in [1.82, 2.24) is 9.55 Å². The second-order valence-electron chi connectivity index (χ2n) is 4.26. The minimum atomic E-state index is -0.417. The molecule has 3 rings (SSSR count). The summed E-state index contributed by atoms with van der Waals surface area (Å²) in [5, 5.41) is 10.3. The Labute approximate surface area is 94.4 Å². The van der Waals surface area contributed by atoms with Crippen LogP contribution in [0.2, 0.25) is 0 Å². The summed E-state index contributed by atoms with van der Waals surface area (Å²) in [5.41, 5.74) is 2.33. The maximum atomic E-state index is 10.3. The molecular formula is C13H14N2O. The lowest BCUT2D eigenvalue weighted by Gasteiger charge is -2.30. The van der Waals surface area contributed by atoms with Crippen LogP contribution in [-0.4, -0.2) is 14.7 Å². The number of aliphatic hydroxyl groups is 1. The third-order valence-electron chi connectivity index (χ3n) is 3.36. The molecule has 82 valence electrons. The minimum absolute atomic E-state index is 0.123. The SMILES string of the molecule is OC1c2ccccc2CCC1n1ccnc1. The normalized spacial score (nSPS) is 24.1. The van der Waals surface area contributed by atoms with Gasteiger partial charge in [0.1, 0.15) is 0 Å². The number of fused-ring (bicyclic) bond motifs is 1. The quantitative estimate of drug-likeness (QED) is 0.789. The van der Waals surface area contributed by atoms with Gasteiger partial charge in [0, 0.05) is 12.4 Å². The molecule has 0 spiro atoms. The summed E-state index contributed by atoms with van der Waals surface area (Å²) >= 11 is 0. The van der Waals surface area contributed by atoms with E-state index in [1.807, 2.05) is 29.0 Å². The fourth-order valence-electron chi connectivity index (χ4n) is 2.50. The van der Waals surface area contributed by atoms with Gasteiger partial charge in [-0.05, 0) is 24.0 Å². The molecule has 0 saturated heterocycles. The Balaban J connectivity index is 1.98. The van der Waals surface area contributed by atoms with Crippen molar-refractivity contribution in [2.75, 3.05) is 0 Å². The summed E-state index contributed by atoms with van der Waals surface area (Å²) in [6.07, 6.45) is 7.03. The van der Waals surface area contributed by atoms with E-state index in [0.717, 1.165) is 18.4 Å². The highest BCUT2D eigenvalue weighted by atomic mass is 16.3. The van der Waals surface area contributed by atoms with Gasteiger partial charge in [-0.15, -0.1) is 0 Å². The van der Waals surface area contributed by atoms with Crippen LogP contribution in [-0.2, 0) is 6.42 Å². The molecule has 1 aromatic heterocycles. The molecule has 3 heteroatoms. The maximum Gasteiger partial charge on any atom is 0.1000 e. The first-order chi connectivity index (χ1) is 7.86. The number of aliphatic hydroxyl groups excluding tert-OH is 1. The number of nitrogens with zero attached hydrogens (tertiary/aromatic N) is 2. The standard InChI is InChI=1S/C13H14N2O/c16-13-11-4-2-1-3-10(11)5-6-12(13)15-8-7-14-9-15/h1-4,7-9,12-13,16H,5-6H2. The number of imidazole rings is 1. The van der Waals surface area contributed by atoms with Gasteiger partial charge in [0.2, 0.25) is 0 Å². The second kappa shape index (κ2) is 3.76. The molecule has 2 atom stereocenters. The van der Waals surface area contributed by atoms with Crippen LogP contribution in [0.4, 0.5) is 0 Å². The van der Waals surface area contributed by atoms with E-state index in [1.54, 1.807) is 12.5 Å². The highest BCUT2D eigenvalue weighted by Crippen LogP contribution is 2.37. The third kappa shape index (κ3) is 1.44. The number of benzene rings is 1. The van der Waals surface area contributed by atoms with E-state index in [4.69, 9.17) is 0 Å². The summed E-state index contributed by atoms with van der Waals surface area (Å²) < 4.78 is 2.00. The van der Waals surface area contributed by atoms with Crippen LogP contribution in [0.15, 0.2) is 43.0 Å². The first kappa shape index (κ1) is 9.60. The molecule has 1 aromatic carbocycles. The fourth-order valence-corrected chi connectivity index (χ4v) is 2.50. The lowest BCUT2D eigenvalue weighted by atomic mass is 9.86. The van der Waals surface area contributed by atoms with Crippen molar-refractivity contribution >= 4 is 0 Å². The van der Waals surface area contributed by atoms with E-state index in [9.17, 15) is 5.11 Å². The van der Waals surface area contributed by atoms with Gasteiger partial charge in [0.15, 0.2) is 0 Å². The van der Waals surface area contributed by atoms with Crippen molar-refractivity contribution in [1.29, 1.82) is 0 Å². The van der Waals surface area contributed by atoms with Crippen LogP contribution in [0.5, 0.6) is 0 Å². The highest BCUT2D eigenvalue weighted by molar-refractivity contribution is 5.32. The molecule has 0 amide bonds. The van der Waals surface area contributed by atoms with E-state index in [-0.39, 0.29) is 6.04 Å². The third-order valence-corrected chi connectivity index (χ3v) is 3.36. The summed E-state index contributed by atoms with van der Waals surface area (Å²) in [4.78, 5) is 4.04. The Hall–Kier alpha value is -1.61. The highest BCUT2D eigenvalue weighted by Gasteiger charge is 2.28. The van der Waals surface area contributed by atoms with Crippen molar-refractivity contribution in [2.45, 2.75) is 25.0 Å². The molecule has 16 heavy (non-hydrogen) atoms. The smallest absolute Gasteiger partial charge is 0.1000 e. The Morgan fingerprint density at radius 1 is 1.31 bits per heavy atom. The van der Waals surface area contributed by atoms with E-state index in [0.29, 0.717) is 0 Å². The molecule has 0 saturated carbocycles. The predicted molar refractivity (Wildman–Crippen MR) is 61.0 cm³/mol. The van der Waals surface area contributed by atoms with Crippen molar-refractivity contribution in [3.63, 3.8) is 0 Å². The molecule has 2 unspecified atom stereocenters. The van der Waals surface area contributed by atoms with Gasteiger partial charge in [-0.25, -0.2) is 4.98 Å². The average molecular weight is 214 g/mol. The Morgan fingerprint density at radius 2 is 2.19 bits per heavy atom. The van der Waals surface area contributed by atoms with Gasteiger partial charge >= 0.3 is 0 Å². The molecule has 3 nitrogen and oxygen atoms in total. The second-order valence-corrected chi connectivity index (χ2v) is 4.26. The van der Waals surface area contributed by atoms with Gasteiger partial charge < -0.3 is 9.67 Å². The molecule has 0 aliphatic heterocycles. The molecule has 1 aliphatic carbocycles. The summed E-state index contributed by atoms with van der Waals surface area (Å²) in [6.45, 7) is 0. The predicted octanol–water partition coefficient (Wildman–Crippen LogP) is 2.10. The van der Waals surface area contributed by atoms with Gasteiger partial charge in [0.05, 0.1) is 18.5 Å². The Kier molecular flexibility index (Phi) is 2.26. The zero-order valence-electron chi connectivity index (χ0n) is 8.95. The van der Waals surface area contributed by atoms with E-state index in [2.05, 4.69) is 11.1 Å². The zero-order valence-corrected chi connectivity index (χ0v) is 8.95.